The molecule has 1 unspecified atom stereocenters. The van der Waals surface area contributed by atoms with Crippen LogP contribution in [0.15, 0.2) is 53.3 Å². The van der Waals surface area contributed by atoms with Crippen molar-refractivity contribution < 1.29 is 13.2 Å². The maximum atomic E-state index is 14.2. The number of nitrogens with one attached hydrogen (secondary N) is 1. The third-order valence-electron chi connectivity index (χ3n) is 6.46. The number of rotatable bonds is 9. The fourth-order valence-electron chi connectivity index (χ4n) is 4.44. The fraction of sp³-hybridized carbons (Fsp3) is 0.385. The monoisotopic (exact) mass is 498 g/mol. The first-order chi connectivity index (χ1) is 17.3. The summed E-state index contributed by atoms with van der Waals surface area (Å²) in [6.07, 6.45) is -2.69. The van der Waals surface area contributed by atoms with Gasteiger partial charge in [0.2, 0.25) is 5.82 Å². The summed E-state index contributed by atoms with van der Waals surface area (Å²) in [6, 6.07) is 14.5. The number of aromatic amines is 1. The molecule has 1 atom stereocenters. The van der Waals surface area contributed by atoms with Crippen LogP contribution in [0.4, 0.5) is 13.2 Å². The number of nitrogens with zero attached hydrogens (tertiary/aromatic N) is 5. The van der Waals surface area contributed by atoms with Crippen molar-refractivity contribution in [3.63, 3.8) is 0 Å². The Balaban J connectivity index is 1.74. The molecule has 4 aromatic rings. The molecule has 0 aliphatic heterocycles. The quantitative estimate of drug-likeness (QED) is 0.313. The van der Waals surface area contributed by atoms with E-state index >= 15 is 0 Å². The minimum atomic E-state index is -4.61. The van der Waals surface area contributed by atoms with E-state index in [2.05, 4.69) is 20.6 Å². The zero-order valence-electron chi connectivity index (χ0n) is 20.5. The zero-order chi connectivity index (χ0) is 25.9. The van der Waals surface area contributed by atoms with Gasteiger partial charge in [0, 0.05) is 11.6 Å². The average molecular weight is 499 g/mol. The number of hydrogen-bond acceptors (Lipinski definition) is 4. The van der Waals surface area contributed by atoms with Crippen molar-refractivity contribution >= 4 is 0 Å². The molecular formula is C26H29F3N6O. The lowest BCUT2D eigenvalue weighted by atomic mass is 9.98. The zero-order valence-corrected chi connectivity index (χ0v) is 20.5. The van der Waals surface area contributed by atoms with Crippen molar-refractivity contribution in [3.8, 4) is 22.5 Å². The van der Waals surface area contributed by atoms with Crippen LogP contribution in [0.2, 0.25) is 0 Å². The van der Waals surface area contributed by atoms with E-state index in [1.807, 2.05) is 55.5 Å². The molecule has 190 valence electrons. The number of hydrogen-bond donors (Lipinski definition) is 1. The van der Waals surface area contributed by atoms with E-state index in [4.69, 9.17) is 0 Å². The van der Waals surface area contributed by atoms with Crippen molar-refractivity contribution in [3.05, 3.63) is 76.0 Å². The van der Waals surface area contributed by atoms with E-state index in [9.17, 15) is 18.0 Å². The fourth-order valence-corrected chi connectivity index (χ4v) is 4.44. The van der Waals surface area contributed by atoms with E-state index < -0.39 is 23.6 Å². The molecular weight excluding hydrogens is 469 g/mol. The van der Waals surface area contributed by atoms with Crippen LogP contribution >= 0.6 is 0 Å². The van der Waals surface area contributed by atoms with Crippen LogP contribution in [0.25, 0.3) is 22.5 Å². The van der Waals surface area contributed by atoms with Crippen molar-refractivity contribution in [1.82, 2.24) is 29.8 Å². The van der Waals surface area contributed by atoms with Crippen LogP contribution < -0.4 is 5.69 Å². The molecule has 0 aliphatic rings. The second-order valence-electron chi connectivity index (χ2n) is 8.87. The maximum absolute atomic E-state index is 14.2. The van der Waals surface area contributed by atoms with E-state index in [0.717, 1.165) is 33.2 Å². The third-order valence-corrected chi connectivity index (χ3v) is 6.46. The summed E-state index contributed by atoms with van der Waals surface area (Å²) in [6.45, 7) is 5.43. The van der Waals surface area contributed by atoms with Crippen LogP contribution in [0.3, 0.4) is 0 Å². The molecule has 0 radical (unpaired) electrons. The second-order valence-corrected chi connectivity index (χ2v) is 8.87. The van der Waals surface area contributed by atoms with Gasteiger partial charge in [0.05, 0.1) is 12.2 Å². The van der Waals surface area contributed by atoms with Crippen LogP contribution in [0.1, 0.15) is 63.0 Å². The summed E-state index contributed by atoms with van der Waals surface area (Å²) in [5, 5.41) is 14.2. The predicted molar refractivity (Wildman–Crippen MR) is 131 cm³/mol. The topological polar surface area (TPSA) is 81.4 Å². The van der Waals surface area contributed by atoms with E-state index in [-0.39, 0.29) is 18.7 Å². The molecule has 10 heteroatoms. The summed E-state index contributed by atoms with van der Waals surface area (Å²) >= 11 is 0. The number of halogens is 3. The highest BCUT2D eigenvalue weighted by Gasteiger charge is 2.41. The first-order valence-corrected chi connectivity index (χ1v) is 12.1. The second kappa shape index (κ2) is 10.5. The van der Waals surface area contributed by atoms with Crippen molar-refractivity contribution in [2.45, 2.75) is 65.2 Å². The molecule has 4 rings (SSSR count). The van der Waals surface area contributed by atoms with Crippen LogP contribution in [0.5, 0.6) is 0 Å². The summed E-state index contributed by atoms with van der Waals surface area (Å²) in [7, 11) is 0. The van der Waals surface area contributed by atoms with Crippen molar-refractivity contribution in [2.75, 3.05) is 0 Å². The van der Waals surface area contributed by atoms with Gasteiger partial charge in [0.1, 0.15) is 5.69 Å². The van der Waals surface area contributed by atoms with Gasteiger partial charge in [0.15, 0.2) is 0 Å². The normalized spacial score (nSPS) is 12.7. The molecule has 1 N–H and O–H groups in total. The molecule has 2 aromatic carbocycles. The van der Waals surface area contributed by atoms with Gasteiger partial charge in [0.25, 0.3) is 0 Å². The molecule has 2 aromatic heterocycles. The summed E-state index contributed by atoms with van der Waals surface area (Å²) in [5.41, 5.74) is 1.96. The Bertz CT molecular complexity index is 1350. The molecule has 2 heterocycles. The average Bonchev–Trinajstić information content (AvgIpc) is 3.50. The number of alkyl halides is 3. The first kappa shape index (κ1) is 25.4. The Kier molecular flexibility index (Phi) is 7.42. The highest BCUT2D eigenvalue weighted by molar-refractivity contribution is 5.80. The van der Waals surface area contributed by atoms with Crippen LogP contribution in [-0.2, 0) is 19.1 Å². The SMILES string of the molecule is CCCCc1c(C(F)(F)F)n(C(C)CC)c(=O)n1Cc1ccc(-c2ccccc2-c2nn[nH]n2)cc1. The van der Waals surface area contributed by atoms with Crippen LogP contribution in [0, 0.1) is 0 Å². The molecule has 36 heavy (non-hydrogen) atoms. The number of H-pyrrole nitrogens is 1. The molecule has 0 saturated carbocycles. The van der Waals surface area contributed by atoms with Crippen molar-refractivity contribution in [2.24, 2.45) is 0 Å². The van der Waals surface area contributed by atoms with Gasteiger partial charge in [-0.15, -0.1) is 10.2 Å². The molecule has 0 fully saturated rings. The summed E-state index contributed by atoms with van der Waals surface area (Å²) in [4.78, 5) is 13.3. The van der Waals surface area contributed by atoms with Crippen molar-refractivity contribution in [1.29, 1.82) is 0 Å². The third kappa shape index (κ3) is 4.98. The Labute approximate surface area is 207 Å². The minimum absolute atomic E-state index is 0.0566. The summed E-state index contributed by atoms with van der Waals surface area (Å²) in [5.74, 6) is 0.466. The number of unbranched alkanes of at least 4 members (excludes halogenated alkanes) is 1. The molecule has 0 spiro atoms. The largest absolute Gasteiger partial charge is 0.433 e. The number of aromatic nitrogens is 6. The number of imidazole rings is 1. The van der Waals surface area contributed by atoms with Gasteiger partial charge >= 0.3 is 11.9 Å². The van der Waals surface area contributed by atoms with Gasteiger partial charge in [-0.3, -0.25) is 9.13 Å². The van der Waals surface area contributed by atoms with Gasteiger partial charge in [-0.25, -0.2) is 4.79 Å². The summed E-state index contributed by atoms with van der Waals surface area (Å²) < 4.78 is 44.7. The lowest BCUT2D eigenvalue weighted by Crippen LogP contribution is -2.29. The van der Waals surface area contributed by atoms with Crippen LogP contribution in [-0.4, -0.2) is 29.8 Å². The Morgan fingerprint density at radius 3 is 2.31 bits per heavy atom. The maximum Gasteiger partial charge on any atom is 0.433 e. The number of tetrazole rings is 1. The Morgan fingerprint density at radius 1 is 1.03 bits per heavy atom. The minimum Gasteiger partial charge on any atom is -0.291 e. The highest BCUT2D eigenvalue weighted by atomic mass is 19.4. The molecule has 7 nitrogen and oxygen atoms in total. The highest BCUT2D eigenvalue weighted by Crippen LogP contribution is 2.35. The lowest BCUT2D eigenvalue weighted by Gasteiger charge is -2.17. The Hall–Kier alpha value is -3.69. The smallest absolute Gasteiger partial charge is 0.291 e. The van der Waals surface area contributed by atoms with E-state index in [1.54, 1.807) is 13.8 Å². The van der Waals surface area contributed by atoms with Gasteiger partial charge in [-0.05, 0) is 48.1 Å². The predicted octanol–water partition coefficient (Wildman–Crippen LogP) is 5.88. The Morgan fingerprint density at radius 2 is 1.72 bits per heavy atom. The van der Waals surface area contributed by atoms with Gasteiger partial charge in [-0.1, -0.05) is 68.8 Å². The molecule has 0 saturated heterocycles. The van der Waals surface area contributed by atoms with E-state index in [0.29, 0.717) is 18.7 Å². The van der Waals surface area contributed by atoms with E-state index in [1.165, 1.54) is 4.57 Å². The molecule has 0 amide bonds. The lowest BCUT2D eigenvalue weighted by molar-refractivity contribution is -0.145. The van der Waals surface area contributed by atoms with Gasteiger partial charge < -0.3 is 0 Å². The standard InChI is InChI=1S/C26H29F3N6O/c1-4-6-11-22-23(26(27,28)29)35(17(3)5-2)25(36)34(22)16-18-12-14-19(15-13-18)20-9-7-8-10-21(20)24-30-32-33-31-24/h7-10,12-15,17H,4-6,11,16H2,1-3H3,(H,30,31,32,33). The van der Waals surface area contributed by atoms with Gasteiger partial charge in [-0.2, -0.15) is 18.4 Å². The number of benzene rings is 2. The first-order valence-electron chi connectivity index (χ1n) is 12.1. The molecule has 0 bridgehead atoms. The molecule has 0 aliphatic carbocycles.